The number of thioether (sulfide) groups is 1. The highest BCUT2D eigenvalue weighted by atomic mass is 35.5. The maximum absolute atomic E-state index is 13.6. The number of hydrogen-bond acceptors (Lipinski definition) is 4. The Morgan fingerprint density at radius 1 is 0.745 bits per heavy atom. The summed E-state index contributed by atoms with van der Waals surface area (Å²) in [6.07, 6.45) is 2.19. The van der Waals surface area contributed by atoms with Gasteiger partial charge in [0, 0.05) is 16.1 Å². The van der Waals surface area contributed by atoms with Crippen LogP contribution in [0.5, 0.6) is 0 Å². The molecule has 1 atom stereocenters. The first-order valence-electron chi connectivity index (χ1n) is 14.9. The van der Waals surface area contributed by atoms with Gasteiger partial charge in [0.15, 0.2) is 0 Å². The van der Waals surface area contributed by atoms with Gasteiger partial charge in [-0.15, -0.1) is 11.8 Å². The van der Waals surface area contributed by atoms with E-state index in [4.69, 9.17) is 23.2 Å². The van der Waals surface area contributed by atoms with Crippen LogP contribution in [0.4, 0.5) is 11.4 Å². The molecular formula is C38H31Cl2N3O3S. The number of anilines is 2. The van der Waals surface area contributed by atoms with Gasteiger partial charge in [-0.05, 0) is 71.7 Å². The number of carbonyl (C=O) groups is 3. The molecule has 5 aromatic carbocycles. The fraction of sp³-hybridized carbons (Fsp3) is 0.0789. The summed E-state index contributed by atoms with van der Waals surface area (Å²) in [7, 11) is 0. The molecule has 0 heterocycles. The summed E-state index contributed by atoms with van der Waals surface area (Å²) in [5, 5.41) is 8.74. The van der Waals surface area contributed by atoms with Crippen molar-refractivity contribution in [2.45, 2.75) is 23.5 Å². The van der Waals surface area contributed by atoms with Gasteiger partial charge in [-0.3, -0.25) is 14.4 Å². The molecule has 3 N–H and O–H groups in total. The minimum absolute atomic E-state index is 0.0774. The van der Waals surface area contributed by atoms with Gasteiger partial charge in [-0.2, -0.15) is 0 Å². The second-order valence-corrected chi connectivity index (χ2v) is 12.5. The van der Waals surface area contributed by atoms with Crippen LogP contribution < -0.4 is 16.0 Å². The lowest BCUT2D eigenvalue weighted by Gasteiger charge is -2.16. The lowest BCUT2D eigenvalue weighted by Crippen LogP contribution is -2.30. The molecule has 0 fully saturated rings. The summed E-state index contributed by atoms with van der Waals surface area (Å²) in [6, 6.07) is 38.7. The highest BCUT2D eigenvalue weighted by molar-refractivity contribution is 8.00. The third kappa shape index (κ3) is 9.14. The van der Waals surface area contributed by atoms with Crippen molar-refractivity contribution in [2.75, 3.05) is 10.6 Å². The van der Waals surface area contributed by atoms with E-state index in [2.05, 4.69) is 16.0 Å². The molecule has 0 aliphatic carbocycles. The summed E-state index contributed by atoms with van der Waals surface area (Å²) < 4.78 is 0. The smallest absolute Gasteiger partial charge is 0.272 e. The third-order valence-electron chi connectivity index (χ3n) is 7.10. The van der Waals surface area contributed by atoms with Crippen molar-refractivity contribution in [2.24, 2.45) is 0 Å². The Kier molecular flexibility index (Phi) is 11.5. The van der Waals surface area contributed by atoms with Crippen molar-refractivity contribution >= 4 is 70.1 Å². The van der Waals surface area contributed by atoms with Crippen molar-refractivity contribution in [3.05, 3.63) is 154 Å². The number of halogens is 2. The van der Waals surface area contributed by atoms with Crippen LogP contribution >= 0.6 is 35.0 Å². The SMILES string of the molecule is CCC(Sc1cccc(NC(=O)/C(=C\c2ccc(-c3ccccc3)cc2)NC(=O)c2ccccc2)c1)C(=O)Nc1cccc(Cl)c1Cl. The molecule has 0 bridgehead atoms. The third-order valence-corrected chi connectivity index (χ3v) is 9.28. The van der Waals surface area contributed by atoms with E-state index in [-0.39, 0.29) is 16.6 Å². The van der Waals surface area contributed by atoms with Gasteiger partial charge in [0.2, 0.25) is 5.91 Å². The first-order valence-corrected chi connectivity index (χ1v) is 16.5. The number of carbonyl (C=O) groups excluding carboxylic acids is 3. The number of benzene rings is 5. The van der Waals surface area contributed by atoms with E-state index in [9.17, 15) is 14.4 Å². The summed E-state index contributed by atoms with van der Waals surface area (Å²) in [4.78, 5) is 40.6. The normalized spacial score (nSPS) is 11.8. The molecule has 0 radical (unpaired) electrons. The van der Waals surface area contributed by atoms with Crippen molar-refractivity contribution in [1.82, 2.24) is 5.32 Å². The van der Waals surface area contributed by atoms with E-state index in [1.807, 2.05) is 73.7 Å². The molecule has 0 aromatic heterocycles. The van der Waals surface area contributed by atoms with E-state index >= 15 is 0 Å². The first kappa shape index (κ1) is 33.5. The van der Waals surface area contributed by atoms with Crippen LogP contribution in [0, 0.1) is 0 Å². The first-order chi connectivity index (χ1) is 22.8. The van der Waals surface area contributed by atoms with Crippen LogP contribution in [0.2, 0.25) is 10.0 Å². The predicted octanol–water partition coefficient (Wildman–Crippen LogP) is 9.58. The summed E-state index contributed by atoms with van der Waals surface area (Å²) in [6.45, 7) is 1.92. The number of nitrogens with one attached hydrogen (secondary N) is 3. The van der Waals surface area contributed by atoms with Crippen molar-refractivity contribution < 1.29 is 14.4 Å². The summed E-state index contributed by atoms with van der Waals surface area (Å²) in [5.41, 5.74) is 4.30. The van der Waals surface area contributed by atoms with Crippen LogP contribution in [0.1, 0.15) is 29.3 Å². The van der Waals surface area contributed by atoms with Gasteiger partial charge in [0.25, 0.3) is 11.8 Å². The molecular weight excluding hydrogens is 649 g/mol. The van der Waals surface area contributed by atoms with Crippen LogP contribution in [0.25, 0.3) is 17.2 Å². The molecule has 47 heavy (non-hydrogen) atoms. The number of rotatable bonds is 11. The van der Waals surface area contributed by atoms with Crippen LogP contribution in [-0.2, 0) is 9.59 Å². The molecule has 0 saturated heterocycles. The molecule has 0 aliphatic heterocycles. The molecule has 6 nitrogen and oxygen atoms in total. The Bertz CT molecular complexity index is 1900. The summed E-state index contributed by atoms with van der Waals surface area (Å²) in [5.74, 6) is -1.12. The molecule has 5 rings (SSSR count). The second-order valence-electron chi connectivity index (χ2n) is 10.5. The molecule has 0 spiro atoms. The Labute approximate surface area is 288 Å². The van der Waals surface area contributed by atoms with E-state index in [1.165, 1.54) is 11.8 Å². The van der Waals surface area contributed by atoms with Gasteiger partial charge < -0.3 is 16.0 Å². The largest absolute Gasteiger partial charge is 0.324 e. The average molecular weight is 681 g/mol. The Morgan fingerprint density at radius 2 is 1.40 bits per heavy atom. The van der Waals surface area contributed by atoms with E-state index in [0.717, 1.165) is 21.6 Å². The molecule has 1 unspecified atom stereocenters. The van der Waals surface area contributed by atoms with Crippen molar-refractivity contribution in [3.63, 3.8) is 0 Å². The molecule has 9 heteroatoms. The number of amides is 3. The Balaban J connectivity index is 1.33. The standard InChI is InChI=1S/C38H31Cl2N3O3S/c1-2-34(38(46)42-32-18-10-17-31(39)35(32)40)47-30-16-9-15-29(24-30)41-37(45)33(43-36(44)28-13-7-4-8-14-28)23-25-19-21-27(22-20-25)26-11-5-3-6-12-26/h3-24,34H,2H2,1H3,(H,41,45)(H,42,46)(H,43,44)/b33-23+. The van der Waals surface area contributed by atoms with E-state index in [1.54, 1.807) is 66.7 Å². The zero-order chi connectivity index (χ0) is 33.2. The monoisotopic (exact) mass is 679 g/mol. The van der Waals surface area contributed by atoms with Gasteiger partial charge in [0.1, 0.15) is 5.70 Å². The van der Waals surface area contributed by atoms with Gasteiger partial charge in [0.05, 0.1) is 21.0 Å². The molecule has 0 saturated carbocycles. The summed E-state index contributed by atoms with van der Waals surface area (Å²) >= 11 is 13.7. The zero-order valence-electron chi connectivity index (χ0n) is 25.4. The zero-order valence-corrected chi connectivity index (χ0v) is 27.7. The van der Waals surface area contributed by atoms with Crippen LogP contribution in [-0.4, -0.2) is 23.0 Å². The lowest BCUT2D eigenvalue weighted by molar-refractivity contribution is -0.116. The Morgan fingerprint density at radius 3 is 2.11 bits per heavy atom. The lowest BCUT2D eigenvalue weighted by atomic mass is 10.0. The van der Waals surface area contributed by atoms with E-state index < -0.39 is 17.1 Å². The highest BCUT2D eigenvalue weighted by Crippen LogP contribution is 2.32. The Hall–Kier alpha value is -4.82. The van der Waals surface area contributed by atoms with Gasteiger partial charge >= 0.3 is 0 Å². The van der Waals surface area contributed by atoms with Crippen LogP contribution in [0.15, 0.2) is 138 Å². The molecule has 5 aromatic rings. The van der Waals surface area contributed by atoms with Gasteiger partial charge in [-0.1, -0.05) is 115 Å². The quantitative estimate of drug-likeness (QED) is 0.0958. The topological polar surface area (TPSA) is 87.3 Å². The fourth-order valence-corrected chi connectivity index (χ4v) is 6.02. The fourth-order valence-electron chi connectivity index (χ4n) is 4.66. The minimum Gasteiger partial charge on any atom is -0.324 e. The molecule has 3 amide bonds. The maximum Gasteiger partial charge on any atom is 0.272 e. The predicted molar refractivity (Wildman–Crippen MR) is 194 cm³/mol. The van der Waals surface area contributed by atoms with Gasteiger partial charge in [-0.25, -0.2) is 0 Å². The highest BCUT2D eigenvalue weighted by Gasteiger charge is 2.20. The van der Waals surface area contributed by atoms with Crippen molar-refractivity contribution in [1.29, 1.82) is 0 Å². The second kappa shape index (κ2) is 16.1. The minimum atomic E-state index is -0.496. The molecule has 236 valence electrons. The maximum atomic E-state index is 13.6. The average Bonchev–Trinajstić information content (AvgIpc) is 3.10. The van der Waals surface area contributed by atoms with Crippen molar-refractivity contribution in [3.8, 4) is 11.1 Å². The number of hydrogen-bond donors (Lipinski definition) is 3. The molecule has 0 aliphatic rings. The van der Waals surface area contributed by atoms with Crippen LogP contribution in [0.3, 0.4) is 0 Å². The van der Waals surface area contributed by atoms with E-state index in [0.29, 0.717) is 28.4 Å².